The van der Waals surface area contributed by atoms with E-state index in [9.17, 15) is 14.4 Å². The lowest BCUT2D eigenvalue weighted by molar-refractivity contribution is -0.134. The highest BCUT2D eigenvalue weighted by molar-refractivity contribution is 6.09. The predicted octanol–water partition coefficient (Wildman–Crippen LogP) is 1.83. The summed E-state index contributed by atoms with van der Waals surface area (Å²) in [6, 6.07) is 13.8. The number of rotatable bonds is 8. The van der Waals surface area contributed by atoms with Crippen LogP contribution in [0.15, 0.2) is 48.5 Å². The highest BCUT2D eigenvalue weighted by atomic mass is 16.5. The fraction of sp³-hybridized carbons (Fsp3) is 0.318. The number of nitrogens with one attached hydrogen (secondary N) is 2. The molecule has 1 saturated heterocycles. The normalized spacial score (nSPS) is 18.2. The number of carbonyl (C=O) groups excluding carboxylic acids is 3. The van der Waals surface area contributed by atoms with Gasteiger partial charge in [0.1, 0.15) is 23.6 Å². The summed E-state index contributed by atoms with van der Waals surface area (Å²) in [6.45, 7) is 1.63. The van der Waals surface area contributed by atoms with Crippen molar-refractivity contribution >= 4 is 17.8 Å². The standard InChI is InChI=1S/C22H25N3O5/c1-22(16-8-10-17(29-2)11-9-16)20(27)25(21(28)24-22)14-19(26)23-13-12-15-6-4-5-7-18(15)30-3/h4-11H,12-14H2,1-3H3,(H,23,26)(H,24,28). The van der Waals surface area contributed by atoms with Crippen LogP contribution in [0.5, 0.6) is 11.5 Å². The topological polar surface area (TPSA) is 97.0 Å². The van der Waals surface area contributed by atoms with Crippen molar-refractivity contribution in [1.82, 2.24) is 15.5 Å². The average molecular weight is 411 g/mol. The van der Waals surface area contributed by atoms with Gasteiger partial charge in [-0.2, -0.15) is 0 Å². The minimum Gasteiger partial charge on any atom is -0.497 e. The van der Waals surface area contributed by atoms with Gasteiger partial charge in [-0.1, -0.05) is 30.3 Å². The first-order chi connectivity index (χ1) is 14.4. The maximum absolute atomic E-state index is 12.9. The molecule has 1 aliphatic rings. The van der Waals surface area contributed by atoms with E-state index < -0.39 is 23.4 Å². The number of imide groups is 1. The first-order valence-electron chi connectivity index (χ1n) is 9.56. The summed E-state index contributed by atoms with van der Waals surface area (Å²) in [6.07, 6.45) is 0.569. The van der Waals surface area contributed by atoms with E-state index in [1.54, 1.807) is 45.4 Å². The van der Waals surface area contributed by atoms with Crippen LogP contribution in [0.4, 0.5) is 4.79 Å². The van der Waals surface area contributed by atoms with Gasteiger partial charge >= 0.3 is 6.03 Å². The molecule has 30 heavy (non-hydrogen) atoms. The molecule has 0 aliphatic carbocycles. The zero-order valence-corrected chi connectivity index (χ0v) is 17.2. The van der Waals surface area contributed by atoms with Gasteiger partial charge < -0.3 is 20.1 Å². The van der Waals surface area contributed by atoms with Crippen LogP contribution in [0.2, 0.25) is 0 Å². The quantitative estimate of drug-likeness (QED) is 0.646. The van der Waals surface area contributed by atoms with Gasteiger partial charge in [-0.15, -0.1) is 0 Å². The van der Waals surface area contributed by atoms with Gasteiger partial charge in [-0.3, -0.25) is 14.5 Å². The molecule has 2 aromatic rings. The van der Waals surface area contributed by atoms with Crippen molar-refractivity contribution in [3.63, 3.8) is 0 Å². The van der Waals surface area contributed by atoms with E-state index in [0.717, 1.165) is 16.2 Å². The zero-order chi connectivity index (χ0) is 21.7. The van der Waals surface area contributed by atoms with E-state index in [2.05, 4.69) is 10.6 Å². The summed E-state index contributed by atoms with van der Waals surface area (Å²) in [5.74, 6) is 0.506. The molecule has 0 saturated carbocycles. The molecule has 1 atom stereocenters. The van der Waals surface area contributed by atoms with Crippen LogP contribution >= 0.6 is 0 Å². The van der Waals surface area contributed by atoms with Gasteiger partial charge in [0.15, 0.2) is 0 Å². The predicted molar refractivity (Wildman–Crippen MR) is 110 cm³/mol. The van der Waals surface area contributed by atoms with Gasteiger partial charge in [-0.05, 0) is 42.7 Å². The number of amides is 4. The molecule has 0 spiro atoms. The Bertz CT molecular complexity index is 944. The van der Waals surface area contributed by atoms with Crippen LogP contribution in [-0.2, 0) is 21.5 Å². The Morgan fingerprint density at radius 3 is 2.43 bits per heavy atom. The molecule has 0 bridgehead atoms. The van der Waals surface area contributed by atoms with E-state index in [-0.39, 0.29) is 6.54 Å². The largest absolute Gasteiger partial charge is 0.497 e. The fourth-order valence-corrected chi connectivity index (χ4v) is 3.41. The molecule has 8 heteroatoms. The number of ether oxygens (including phenoxy) is 2. The third-order valence-electron chi connectivity index (χ3n) is 5.15. The summed E-state index contributed by atoms with van der Waals surface area (Å²) >= 11 is 0. The lowest BCUT2D eigenvalue weighted by Gasteiger charge is -2.22. The summed E-state index contributed by atoms with van der Waals surface area (Å²) in [5, 5.41) is 5.43. The molecule has 1 unspecified atom stereocenters. The second-order valence-electron chi connectivity index (χ2n) is 7.09. The average Bonchev–Trinajstić information content (AvgIpc) is 2.98. The van der Waals surface area contributed by atoms with Crippen LogP contribution in [0, 0.1) is 0 Å². The number of para-hydroxylation sites is 1. The maximum Gasteiger partial charge on any atom is 0.325 e. The molecule has 2 N–H and O–H groups in total. The van der Waals surface area contributed by atoms with Crippen molar-refractivity contribution in [3.8, 4) is 11.5 Å². The molecular formula is C22H25N3O5. The fourth-order valence-electron chi connectivity index (χ4n) is 3.41. The number of carbonyl (C=O) groups is 3. The van der Waals surface area contributed by atoms with E-state index in [4.69, 9.17) is 9.47 Å². The van der Waals surface area contributed by atoms with Crippen LogP contribution in [0.1, 0.15) is 18.1 Å². The van der Waals surface area contributed by atoms with Crippen LogP contribution in [0.3, 0.4) is 0 Å². The van der Waals surface area contributed by atoms with Crippen LogP contribution < -0.4 is 20.1 Å². The van der Waals surface area contributed by atoms with Crippen LogP contribution in [0.25, 0.3) is 0 Å². The SMILES string of the molecule is COc1ccc(C2(C)NC(=O)N(CC(=O)NCCc3ccccc3OC)C2=O)cc1. The van der Waals surface area contributed by atoms with E-state index in [1.165, 1.54) is 0 Å². The third-order valence-corrected chi connectivity index (χ3v) is 5.15. The number of methoxy groups -OCH3 is 2. The van der Waals surface area contributed by atoms with Gasteiger partial charge in [-0.25, -0.2) is 4.79 Å². The van der Waals surface area contributed by atoms with Gasteiger partial charge in [0.25, 0.3) is 5.91 Å². The van der Waals surface area contributed by atoms with Gasteiger partial charge in [0.2, 0.25) is 5.91 Å². The number of hydrogen-bond donors (Lipinski definition) is 2. The Hall–Kier alpha value is -3.55. The molecular weight excluding hydrogens is 386 g/mol. The van der Waals surface area contributed by atoms with Crippen molar-refractivity contribution in [2.45, 2.75) is 18.9 Å². The molecule has 0 aromatic heterocycles. The van der Waals surface area contributed by atoms with Crippen molar-refractivity contribution in [2.24, 2.45) is 0 Å². The molecule has 1 fully saturated rings. The second-order valence-corrected chi connectivity index (χ2v) is 7.09. The molecule has 158 valence electrons. The Morgan fingerprint density at radius 1 is 1.07 bits per heavy atom. The monoisotopic (exact) mass is 411 g/mol. The Kier molecular flexibility index (Phi) is 6.25. The van der Waals surface area contributed by atoms with Crippen molar-refractivity contribution < 1.29 is 23.9 Å². The molecule has 0 radical (unpaired) electrons. The van der Waals surface area contributed by atoms with Crippen molar-refractivity contribution in [3.05, 3.63) is 59.7 Å². The number of urea groups is 1. The lowest BCUT2D eigenvalue weighted by Crippen LogP contribution is -2.43. The number of benzene rings is 2. The van der Waals surface area contributed by atoms with E-state index in [0.29, 0.717) is 24.3 Å². The minimum absolute atomic E-state index is 0.345. The summed E-state index contributed by atoms with van der Waals surface area (Å²) in [4.78, 5) is 38.6. The molecule has 3 rings (SSSR count). The van der Waals surface area contributed by atoms with Crippen LogP contribution in [-0.4, -0.2) is 50.1 Å². The summed E-state index contributed by atoms with van der Waals surface area (Å²) in [5.41, 5.74) is 0.337. The zero-order valence-electron chi connectivity index (χ0n) is 17.2. The van der Waals surface area contributed by atoms with Gasteiger partial charge in [0.05, 0.1) is 14.2 Å². The highest BCUT2D eigenvalue weighted by Gasteiger charge is 2.49. The summed E-state index contributed by atoms with van der Waals surface area (Å²) < 4.78 is 10.4. The lowest BCUT2D eigenvalue weighted by atomic mass is 9.92. The smallest absolute Gasteiger partial charge is 0.325 e. The molecule has 4 amide bonds. The van der Waals surface area contributed by atoms with Gasteiger partial charge in [0, 0.05) is 6.54 Å². The molecule has 1 heterocycles. The molecule has 2 aromatic carbocycles. The number of nitrogens with zero attached hydrogens (tertiary/aromatic N) is 1. The minimum atomic E-state index is -1.24. The second kappa shape index (κ2) is 8.86. The Balaban J connectivity index is 1.60. The maximum atomic E-state index is 12.9. The molecule has 8 nitrogen and oxygen atoms in total. The first kappa shape index (κ1) is 21.2. The van der Waals surface area contributed by atoms with Crippen molar-refractivity contribution in [2.75, 3.05) is 27.3 Å². The van der Waals surface area contributed by atoms with E-state index >= 15 is 0 Å². The first-order valence-corrected chi connectivity index (χ1v) is 9.56. The van der Waals surface area contributed by atoms with Crippen molar-refractivity contribution in [1.29, 1.82) is 0 Å². The molecule has 1 aliphatic heterocycles. The van der Waals surface area contributed by atoms with E-state index in [1.807, 2.05) is 24.3 Å². The Labute approximate surface area is 175 Å². The third kappa shape index (κ3) is 4.22. The summed E-state index contributed by atoms with van der Waals surface area (Å²) in [7, 11) is 3.14. The Morgan fingerprint density at radius 2 is 1.77 bits per heavy atom. The highest BCUT2D eigenvalue weighted by Crippen LogP contribution is 2.29. The number of hydrogen-bond acceptors (Lipinski definition) is 5.